The summed E-state index contributed by atoms with van der Waals surface area (Å²) >= 11 is 0. The van der Waals surface area contributed by atoms with Gasteiger partial charge in [0.1, 0.15) is 0 Å². The van der Waals surface area contributed by atoms with Crippen molar-refractivity contribution in [3.05, 3.63) is 0 Å². The largest absolute Gasteiger partial charge is 0.511 e. The normalized spacial score (nSPS) is 20.5. The van der Waals surface area contributed by atoms with Crippen LogP contribution in [0, 0.1) is 0 Å². The van der Waals surface area contributed by atoms with Crippen LogP contribution >= 0.6 is 0 Å². The smallest absolute Gasteiger partial charge is 0.481 e. The number of nitrogens with zero attached hydrogens (tertiary/aromatic N) is 1. The molecule has 0 aromatic heterocycles. The Kier molecular flexibility index (Phi) is 4.51. The maximum absolute atomic E-state index is 12.6. The molecule has 112 valence electrons. The first-order valence-electron chi connectivity index (χ1n) is 5.80. The van der Waals surface area contributed by atoms with Gasteiger partial charge >= 0.3 is 21.5 Å². The van der Waals surface area contributed by atoms with Gasteiger partial charge in [0.15, 0.2) is 0 Å². The molecule has 19 heavy (non-hydrogen) atoms. The Morgan fingerprint density at radius 2 is 1.74 bits per heavy atom. The number of rotatable bonds is 4. The van der Waals surface area contributed by atoms with Gasteiger partial charge in [0.05, 0.1) is 6.42 Å². The van der Waals surface area contributed by atoms with Crippen molar-refractivity contribution in [3.63, 3.8) is 0 Å². The van der Waals surface area contributed by atoms with Gasteiger partial charge in [-0.1, -0.05) is 19.3 Å². The molecular weight excluding hydrogens is 287 g/mol. The molecule has 0 saturated heterocycles. The van der Waals surface area contributed by atoms with Crippen molar-refractivity contribution in [1.82, 2.24) is 4.31 Å². The Balaban J connectivity index is 3.15. The average molecular weight is 303 g/mol. The van der Waals surface area contributed by atoms with Gasteiger partial charge in [0, 0.05) is 12.6 Å². The molecule has 5 nitrogen and oxygen atoms in total. The van der Waals surface area contributed by atoms with Crippen LogP contribution in [0.1, 0.15) is 38.5 Å². The van der Waals surface area contributed by atoms with Gasteiger partial charge < -0.3 is 5.11 Å². The fourth-order valence-corrected chi connectivity index (χ4v) is 3.57. The first kappa shape index (κ1) is 16.2. The molecule has 0 unspecified atom stereocenters. The highest BCUT2D eigenvalue weighted by atomic mass is 32.2. The number of aliphatic carboxylic acids is 1. The second-order valence-electron chi connectivity index (χ2n) is 4.77. The Bertz CT molecular complexity index is 440. The van der Waals surface area contributed by atoms with Crippen LogP contribution in [-0.2, 0) is 14.8 Å². The highest BCUT2D eigenvalue weighted by Gasteiger charge is 2.55. The van der Waals surface area contributed by atoms with E-state index in [1.807, 2.05) is 0 Å². The summed E-state index contributed by atoms with van der Waals surface area (Å²) in [6.07, 6.45) is 1.45. The molecule has 0 heterocycles. The zero-order valence-corrected chi connectivity index (χ0v) is 11.2. The van der Waals surface area contributed by atoms with Crippen molar-refractivity contribution in [3.8, 4) is 0 Å². The third-order valence-electron chi connectivity index (χ3n) is 3.59. The monoisotopic (exact) mass is 303 g/mol. The number of alkyl halides is 3. The van der Waals surface area contributed by atoms with Gasteiger partial charge in [0.25, 0.3) is 0 Å². The highest BCUT2D eigenvalue weighted by Crippen LogP contribution is 2.40. The molecule has 0 spiro atoms. The second-order valence-corrected chi connectivity index (χ2v) is 6.73. The summed E-state index contributed by atoms with van der Waals surface area (Å²) in [6, 6.07) is 0. The summed E-state index contributed by atoms with van der Waals surface area (Å²) in [5.74, 6) is -1.30. The van der Waals surface area contributed by atoms with Crippen LogP contribution in [0.25, 0.3) is 0 Å². The number of sulfonamides is 1. The van der Waals surface area contributed by atoms with Gasteiger partial charge in [-0.25, -0.2) is 8.42 Å². The molecule has 9 heteroatoms. The number of carbonyl (C=O) groups is 1. The van der Waals surface area contributed by atoms with Gasteiger partial charge in [-0.3, -0.25) is 4.79 Å². The first-order valence-corrected chi connectivity index (χ1v) is 7.24. The van der Waals surface area contributed by atoms with E-state index in [0.29, 0.717) is 12.8 Å². The first-order chi connectivity index (χ1) is 8.53. The zero-order valence-electron chi connectivity index (χ0n) is 10.4. The molecule has 0 amide bonds. The van der Waals surface area contributed by atoms with Gasteiger partial charge in [0.2, 0.25) is 0 Å². The molecule has 1 N–H and O–H groups in total. The summed E-state index contributed by atoms with van der Waals surface area (Å²) in [6.45, 7) is 0. The van der Waals surface area contributed by atoms with E-state index in [-0.39, 0.29) is 17.1 Å². The lowest BCUT2D eigenvalue weighted by atomic mass is 9.79. The van der Waals surface area contributed by atoms with Crippen molar-refractivity contribution in [2.75, 3.05) is 7.05 Å². The molecule has 1 aliphatic carbocycles. The number of hydrogen-bond donors (Lipinski definition) is 1. The molecule has 0 radical (unpaired) electrons. The van der Waals surface area contributed by atoms with Crippen LogP contribution in [0.3, 0.4) is 0 Å². The molecule has 0 aromatic carbocycles. The summed E-state index contributed by atoms with van der Waals surface area (Å²) < 4.78 is 60.8. The number of hydrogen-bond acceptors (Lipinski definition) is 3. The van der Waals surface area contributed by atoms with Crippen molar-refractivity contribution in [2.24, 2.45) is 0 Å². The van der Waals surface area contributed by atoms with Crippen LogP contribution in [-0.4, -0.2) is 41.9 Å². The number of carboxylic acids is 1. The molecule has 0 atom stereocenters. The van der Waals surface area contributed by atoms with E-state index in [9.17, 15) is 26.4 Å². The average Bonchev–Trinajstić information content (AvgIpc) is 2.26. The molecule has 0 aliphatic heterocycles. The predicted octanol–water partition coefficient (Wildman–Crippen LogP) is 1.95. The van der Waals surface area contributed by atoms with Crippen LogP contribution in [0.2, 0.25) is 0 Å². The minimum absolute atomic E-state index is 0.130. The predicted molar refractivity (Wildman–Crippen MR) is 60.8 cm³/mol. The van der Waals surface area contributed by atoms with Crippen LogP contribution in [0.4, 0.5) is 13.2 Å². The highest BCUT2D eigenvalue weighted by molar-refractivity contribution is 7.90. The lowest BCUT2D eigenvalue weighted by Gasteiger charge is -2.42. The second kappa shape index (κ2) is 5.28. The summed E-state index contributed by atoms with van der Waals surface area (Å²) in [5, 5.41) is 8.85. The van der Waals surface area contributed by atoms with Crippen molar-refractivity contribution >= 4 is 16.0 Å². The molecule has 0 bridgehead atoms. The van der Waals surface area contributed by atoms with E-state index in [1.165, 1.54) is 0 Å². The summed E-state index contributed by atoms with van der Waals surface area (Å²) in [7, 11) is -4.69. The van der Waals surface area contributed by atoms with E-state index >= 15 is 0 Å². The van der Waals surface area contributed by atoms with E-state index < -0.39 is 33.5 Å². The van der Waals surface area contributed by atoms with Gasteiger partial charge in [-0.2, -0.15) is 17.5 Å². The van der Waals surface area contributed by atoms with Gasteiger partial charge in [-0.15, -0.1) is 0 Å². The minimum Gasteiger partial charge on any atom is -0.481 e. The van der Waals surface area contributed by atoms with E-state index in [0.717, 1.165) is 13.5 Å². The lowest BCUT2D eigenvalue weighted by Crippen LogP contribution is -2.55. The number of carboxylic acid groups (broad SMARTS) is 1. The Morgan fingerprint density at radius 3 is 2.11 bits per heavy atom. The van der Waals surface area contributed by atoms with E-state index in [1.54, 1.807) is 0 Å². The van der Waals surface area contributed by atoms with Crippen molar-refractivity contribution < 1.29 is 31.5 Å². The fourth-order valence-electron chi connectivity index (χ4n) is 2.50. The third kappa shape index (κ3) is 3.19. The summed E-state index contributed by atoms with van der Waals surface area (Å²) in [4.78, 5) is 10.9. The fraction of sp³-hybridized carbons (Fsp3) is 0.900. The molecule has 1 fully saturated rings. The van der Waals surface area contributed by atoms with E-state index in [2.05, 4.69) is 0 Å². The topological polar surface area (TPSA) is 74.7 Å². The maximum Gasteiger partial charge on any atom is 0.511 e. The van der Waals surface area contributed by atoms with E-state index in [4.69, 9.17) is 5.11 Å². The minimum atomic E-state index is -5.51. The molecule has 1 aliphatic rings. The molecule has 0 aromatic rings. The summed E-state index contributed by atoms with van der Waals surface area (Å²) in [5.41, 5.74) is -6.89. The quantitative estimate of drug-likeness (QED) is 0.861. The molecule has 1 rings (SSSR count). The molecule has 1 saturated carbocycles. The van der Waals surface area contributed by atoms with Gasteiger partial charge in [-0.05, 0) is 12.8 Å². The standard InChI is InChI=1S/C10H16F3NO4S/c1-14(19(17,18)10(11,12)13)9(7-8(15)16)5-3-2-4-6-9/h2-7H2,1H3,(H,15,16). The maximum atomic E-state index is 12.6. The van der Waals surface area contributed by atoms with Crippen molar-refractivity contribution in [2.45, 2.75) is 49.6 Å². The van der Waals surface area contributed by atoms with Crippen LogP contribution in [0.5, 0.6) is 0 Å². The Morgan fingerprint density at radius 1 is 1.26 bits per heavy atom. The SMILES string of the molecule is CN(C1(CC(=O)O)CCCCC1)S(=O)(=O)C(F)(F)F. The zero-order chi connectivity index (χ0) is 14.9. The van der Waals surface area contributed by atoms with Crippen LogP contribution in [0.15, 0.2) is 0 Å². The van der Waals surface area contributed by atoms with Crippen LogP contribution < -0.4 is 0 Å². The van der Waals surface area contributed by atoms with Crippen molar-refractivity contribution in [1.29, 1.82) is 0 Å². The Labute approximate surface area is 109 Å². The lowest BCUT2D eigenvalue weighted by molar-refractivity contribution is -0.140. The third-order valence-corrected chi connectivity index (χ3v) is 5.28. The molecular formula is C10H16F3NO4S. The number of halogens is 3. The Hall–Kier alpha value is -0.830.